The largest absolute Gasteiger partial charge is 0.497 e. The minimum atomic E-state index is 0. The third kappa shape index (κ3) is 5.21. The first-order chi connectivity index (χ1) is 14.1. The Kier molecular flexibility index (Phi) is 8.51. The number of fused-ring (bicyclic) bond motifs is 2. The number of hydrogen-bond acceptors (Lipinski definition) is 5. The van der Waals surface area contributed by atoms with Gasteiger partial charge < -0.3 is 19.5 Å². The molecule has 4 aromatic rings. The zero-order valence-corrected chi connectivity index (χ0v) is 19.9. The van der Waals surface area contributed by atoms with E-state index in [9.17, 15) is 0 Å². The van der Waals surface area contributed by atoms with E-state index in [1.54, 1.807) is 7.11 Å². The maximum atomic E-state index is 5.37. The number of nitrogens with zero attached hydrogens (tertiary/aromatic N) is 4. The quantitative estimate of drug-likeness (QED) is 0.392. The van der Waals surface area contributed by atoms with Crippen molar-refractivity contribution < 1.29 is 4.74 Å². The summed E-state index contributed by atoms with van der Waals surface area (Å²) in [5, 5.41) is 5.67. The Labute approximate surface area is 195 Å². The van der Waals surface area contributed by atoms with Gasteiger partial charge >= 0.3 is 0 Å². The number of aromatic nitrogens is 3. The van der Waals surface area contributed by atoms with Crippen LogP contribution in [0.25, 0.3) is 33.3 Å². The number of aryl methyl sites for hydroxylation is 1. The van der Waals surface area contributed by atoms with Crippen LogP contribution in [0.5, 0.6) is 5.75 Å². The van der Waals surface area contributed by atoms with E-state index in [0.29, 0.717) is 0 Å². The van der Waals surface area contributed by atoms with Gasteiger partial charge in [-0.2, -0.15) is 0 Å². The highest BCUT2D eigenvalue weighted by molar-refractivity contribution is 5.92. The molecule has 0 bridgehead atoms. The molecule has 0 spiro atoms. The molecule has 31 heavy (non-hydrogen) atoms. The molecular formula is C23H29Cl2N5O. The van der Waals surface area contributed by atoms with E-state index in [1.807, 2.05) is 37.4 Å². The molecule has 4 rings (SSSR count). The van der Waals surface area contributed by atoms with Gasteiger partial charge in [0, 0.05) is 29.9 Å². The SMILES string of the molecule is COc1ccc2c(c1)cc(-c1nc(NCCCN(C)C)c3ccccc3n1)n2C.Cl.Cl. The molecule has 0 fully saturated rings. The van der Waals surface area contributed by atoms with E-state index in [-0.39, 0.29) is 24.8 Å². The molecule has 0 aliphatic carbocycles. The number of rotatable bonds is 7. The summed E-state index contributed by atoms with van der Waals surface area (Å²) in [6.07, 6.45) is 1.05. The van der Waals surface area contributed by atoms with Crippen molar-refractivity contribution in [1.82, 2.24) is 19.4 Å². The molecule has 0 saturated heterocycles. The molecule has 0 amide bonds. The molecule has 0 atom stereocenters. The summed E-state index contributed by atoms with van der Waals surface area (Å²) >= 11 is 0. The Bertz CT molecular complexity index is 1160. The number of methoxy groups -OCH3 is 1. The number of para-hydroxylation sites is 1. The van der Waals surface area contributed by atoms with Gasteiger partial charge in [-0.05, 0) is 63.5 Å². The van der Waals surface area contributed by atoms with Crippen LogP contribution in [0.1, 0.15) is 6.42 Å². The van der Waals surface area contributed by atoms with E-state index in [0.717, 1.165) is 64.4 Å². The second-order valence-corrected chi connectivity index (χ2v) is 7.51. The van der Waals surface area contributed by atoms with E-state index < -0.39 is 0 Å². The Balaban J connectivity index is 0.00000171. The van der Waals surface area contributed by atoms with E-state index in [2.05, 4.69) is 47.1 Å². The average molecular weight is 462 g/mol. The predicted octanol–water partition coefficient (Wildman–Crippen LogP) is 5.00. The van der Waals surface area contributed by atoms with E-state index >= 15 is 0 Å². The normalized spacial score (nSPS) is 10.7. The molecule has 0 radical (unpaired) electrons. The lowest BCUT2D eigenvalue weighted by atomic mass is 10.2. The molecule has 2 aromatic heterocycles. The van der Waals surface area contributed by atoms with Gasteiger partial charge in [0.05, 0.1) is 18.3 Å². The summed E-state index contributed by atoms with van der Waals surface area (Å²) in [6.45, 7) is 1.90. The summed E-state index contributed by atoms with van der Waals surface area (Å²) < 4.78 is 7.51. The predicted molar refractivity (Wildman–Crippen MR) is 134 cm³/mol. The van der Waals surface area contributed by atoms with Gasteiger partial charge in [-0.15, -0.1) is 24.8 Å². The van der Waals surface area contributed by atoms with Crippen LogP contribution in [0.15, 0.2) is 48.5 Å². The Morgan fingerprint density at radius 2 is 1.81 bits per heavy atom. The third-order valence-electron chi connectivity index (χ3n) is 5.16. The number of benzene rings is 2. The van der Waals surface area contributed by atoms with Crippen molar-refractivity contribution in [1.29, 1.82) is 0 Å². The maximum absolute atomic E-state index is 5.37. The van der Waals surface area contributed by atoms with Crippen LogP contribution < -0.4 is 10.1 Å². The number of ether oxygens (including phenoxy) is 1. The van der Waals surface area contributed by atoms with Crippen LogP contribution in [0.4, 0.5) is 5.82 Å². The molecule has 0 unspecified atom stereocenters. The van der Waals surface area contributed by atoms with Gasteiger partial charge in [-0.1, -0.05) is 12.1 Å². The minimum Gasteiger partial charge on any atom is -0.497 e. The van der Waals surface area contributed by atoms with Gasteiger partial charge in [0.2, 0.25) is 0 Å². The molecule has 0 aliphatic heterocycles. The monoisotopic (exact) mass is 461 g/mol. The maximum Gasteiger partial charge on any atom is 0.178 e. The van der Waals surface area contributed by atoms with Crippen molar-refractivity contribution >= 4 is 52.4 Å². The average Bonchev–Trinajstić information content (AvgIpc) is 3.06. The fourth-order valence-corrected chi connectivity index (χ4v) is 3.60. The number of anilines is 1. The molecule has 2 aromatic carbocycles. The first-order valence-electron chi connectivity index (χ1n) is 9.86. The molecule has 0 saturated carbocycles. The highest BCUT2D eigenvalue weighted by Gasteiger charge is 2.14. The van der Waals surface area contributed by atoms with Crippen molar-refractivity contribution in [3.05, 3.63) is 48.5 Å². The van der Waals surface area contributed by atoms with E-state index in [4.69, 9.17) is 14.7 Å². The standard InChI is InChI=1S/C23H27N5O.2ClH/c1-27(2)13-7-12-24-22-18-8-5-6-9-19(18)25-23(26-22)21-15-16-14-17(29-4)10-11-20(16)28(21)3;;/h5-6,8-11,14-15H,7,12-13H2,1-4H3,(H,24,25,26);2*1H. The second kappa shape index (κ2) is 10.7. The minimum absolute atomic E-state index is 0. The Morgan fingerprint density at radius 3 is 2.55 bits per heavy atom. The highest BCUT2D eigenvalue weighted by Crippen LogP contribution is 2.30. The second-order valence-electron chi connectivity index (χ2n) is 7.51. The lowest BCUT2D eigenvalue weighted by molar-refractivity contribution is 0.405. The summed E-state index contributed by atoms with van der Waals surface area (Å²) in [7, 11) is 7.92. The molecule has 1 N–H and O–H groups in total. The van der Waals surface area contributed by atoms with Crippen LogP contribution in [-0.4, -0.2) is 53.7 Å². The van der Waals surface area contributed by atoms with E-state index in [1.165, 1.54) is 0 Å². The number of halogens is 2. The molecule has 166 valence electrons. The highest BCUT2D eigenvalue weighted by atomic mass is 35.5. The fraction of sp³-hybridized carbons (Fsp3) is 0.304. The van der Waals surface area contributed by atoms with Gasteiger partial charge in [-0.3, -0.25) is 0 Å². The van der Waals surface area contributed by atoms with Gasteiger partial charge in [0.1, 0.15) is 11.6 Å². The third-order valence-corrected chi connectivity index (χ3v) is 5.16. The van der Waals surface area contributed by atoms with Crippen LogP contribution in [0.3, 0.4) is 0 Å². The fourth-order valence-electron chi connectivity index (χ4n) is 3.60. The van der Waals surface area contributed by atoms with Gasteiger partial charge in [0.25, 0.3) is 0 Å². The lowest BCUT2D eigenvalue weighted by Gasteiger charge is -2.13. The summed E-state index contributed by atoms with van der Waals surface area (Å²) in [6, 6.07) is 16.4. The zero-order chi connectivity index (χ0) is 20.4. The van der Waals surface area contributed by atoms with Crippen LogP contribution >= 0.6 is 24.8 Å². The van der Waals surface area contributed by atoms with Crippen LogP contribution in [-0.2, 0) is 7.05 Å². The summed E-state index contributed by atoms with van der Waals surface area (Å²) in [5.74, 6) is 2.45. The zero-order valence-electron chi connectivity index (χ0n) is 18.3. The Morgan fingerprint density at radius 1 is 1.03 bits per heavy atom. The topological polar surface area (TPSA) is 55.2 Å². The molecule has 2 heterocycles. The smallest absolute Gasteiger partial charge is 0.178 e. The van der Waals surface area contributed by atoms with Crippen molar-refractivity contribution in [3.63, 3.8) is 0 Å². The first kappa shape index (κ1) is 24.7. The summed E-state index contributed by atoms with van der Waals surface area (Å²) in [5.41, 5.74) is 3.05. The van der Waals surface area contributed by atoms with Crippen molar-refractivity contribution in [2.45, 2.75) is 6.42 Å². The number of hydrogen-bond donors (Lipinski definition) is 1. The van der Waals surface area contributed by atoms with Crippen LogP contribution in [0.2, 0.25) is 0 Å². The van der Waals surface area contributed by atoms with Crippen molar-refractivity contribution in [2.75, 3.05) is 39.6 Å². The number of nitrogens with one attached hydrogen (secondary N) is 1. The molecule has 6 nitrogen and oxygen atoms in total. The molecular weight excluding hydrogens is 433 g/mol. The lowest BCUT2D eigenvalue weighted by Crippen LogP contribution is -2.17. The van der Waals surface area contributed by atoms with Gasteiger partial charge in [-0.25, -0.2) is 9.97 Å². The Hall–Kier alpha value is -2.54. The van der Waals surface area contributed by atoms with Crippen molar-refractivity contribution in [3.8, 4) is 17.3 Å². The molecule has 8 heteroatoms. The van der Waals surface area contributed by atoms with Crippen molar-refractivity contribution in [2.24, 2.45) is 7.05 Å². The molecule has 0 aliphatic rings. The van der Waals surface area contributed by atoms with Crippen LogP contribution in [0, 0.1) is 0 Å². The first-order valence-corrected chi connectivity index (χ1v) is 9.86. The van der Waals surface area contributed by atoms with Gasteiger partial charge in [0.15, 0.2) is 5.82 Å². The summed E-state index contributed by atoms with van der Waals surface area (Å²) in [4.78, 5) is 11.9.